The van der Waals surface area contributed by atoms with Gasteiger partial charge >= 0.3 is 12.1 Å². The number of epoxide rings is 1. The van der Waals surface area contributed by atoms with Gasteiger partial charge in [0.05, 0.1) is 0 Å². The smallest absolute Gasteiger partial charge is 0.419 e. The summed E-state index contributed by atoms with van der Waals surface area (Å²) >= 11 is 0. The van der Waals surface area contributed by atoms with Gasteiger partial charge in [0.25, 0.3) is 0 Å². The van der Waals surface area contributed by atoms with Gasteiger partial charge in [-0.1, -0.05) is 6.58 Å². The zero-order chi connectivity index (χ0) is 11.0. The summed E-state index contributed by atoms with van der Waals surface area (Å²) in [6.45, 7) is 3.62. The Labute approximate surface area is 78.5 Å². The first-order chi connectivity index (χ1) is 6.31. The van der Waals surface area contributed by atoms with E-state index in [1.54, 1.807) is 0 Å². The van der Waals surface area contributed by atoms with Crippen LogP contribution in [0.4, 0.5) is 13.2 Å². The lowest BCUT2D eigenvalue weighted by atomic mass is 10.1. The minimum atomic E-state index is -4.43. The van der Waals surface area contributed by atoms with Crippen LogP contribution >= 0.6 is 0 Å². The molecule has 3 nitrogen and oxygen atoms in total. The molecule has 1 heterocycles. The van der Waals surface area contributed by atoms with E-state index in [1.807, 2.05) is 0 Å². The molecule has 0 aromatic rings. The summed E-state index contributed by atoms with van der Waals surface area (Å²) in [6, 6.07) is 0. The average Bonchev–Trinajstić information content (AvgIpc) is 2.73. The van der Waals surface area contributed by atoms with Crippen molar-refractivity contribution in [3.8, 4) is 0 Å². The second-order valence-electron chi connectivity index (χ2n) is 3.05. The van der Waals surface area contributed by atoms with E-state index in [9.17, 15) is 18.0 Å². The molecule has 1 fully saturated rings. The number of alkyl halides is 3. The van der Waals surface area contributed by atoms with Crippen LogP contribution in [0.1, 0.15) is 6.92 Å². The average molecular weight is 210 g/mol. The standard InChI is InChI=1S/C8H9F3O3/c1-3-6(12)13-4-5-7(2,14-5)8(9,10)11/h3,5H,1,4H2,2H3. The lowest BCUT2D eigenvalue weighted by Gasteiger charge is -2.10. The number of hydrogen-bond acceptors (Lipinski definition) is 3. The molecule has 0 aromatic heterocycles. The van der Waals surface area contributed by atoms with Crippen molar-refractivity contribution in [3.05, 3.63) is 12.7 Å². The molecule has 0 N–H and O–H groups in total. The molecule has 2 atom stereocenters. The molecule has 1 saturated heterocycles. The maximum atomic E-state index is 12.2. The van der Waals surface area contributed by atoms with Crippen LogP contribution in [-0.4, -0.2) is 30.5 Å². The number of carbonyl (C=O) groups excluding carboxylic acids is 1. The Morgan fingerprint density at radius 2 is 2.29 bits per heavy atom. The van der Waals surface area contributed by atoms with Crippen LogP contribution in [0.5, 0.6) is 0 Å². The van der Waals surface area contributed by atoms with Crippen molar-refractivity contribution in [2.75, 3.05) is 6.61 Å². The van der Waals surface area contributed by atoms with Crippen LogP contribution in [-0.2, 0) is 14.3 Å². The van der Waals surface area contributed by atoms with E-state index in [0.29, 0.717) is 0 Å². The van der Waals surface area contributed by atoms with Gasteiger partial charge in [0.15, 0.2) is 5.60 Å². The number of carbonyl (C=O) groups is 1. The minimum Gasteiger partial charge on any atom is -0.460 e. The van der Waals surface area contributed by atoms with Crippen LogP contribution in [0.15, 0.2) is 12.7 Å². The highest BCUT2D eigenvalue weighted by molar-refractivity contribution is 5.81. The topological polar surface area (TPSA) is 38.8 Å². The third-order valence-electron chi connectivity index (χ3n) is 2.05. The van der Waals surface area contributed by atoms with Gasteiger partial charge in [0.1, 0.15) is 12.7 Å². The first kappa shape index (κ1) is 11.0. The van der Waals surface area contributed by atoms with Crippen molar-refractivity contribution in [2.24, 2.45) is 0 Å². The van der Waals surface area contributed by atoms with E-state index >= 15 is 0 Å². The Morgan fingerprint density at radius 1 is 1.71 bits per heavy atom. The Morgan fingerprint density at radius 3 is 2.64 bits per heavy atom. The zero-order valence-electron chi connectivity index (χ0n) is 7.43. The van der Waals surface area contributed by atoms with Gasteiger partial charge in [-0.15, -0.1) is 0 Å². The van der Waals surface area contributed by atoms with E-state index in [1.165, 1.54) is 0 Å². The molecule has 1 aliphatic heterocycles. The third kappa shape index (κ3) is 1.89. The number of halogens is 3. The molecular formula is C8H9F3O3. The number of rotatable bonds is 3. The van der Waals surface area contributed by atoms with Crippen molar-refractivity contribution < 1.29 is 27.4 Å². The van der Waals surface area contributed by atoms with E-state index < -0.39 is 30.5 Å². The molecule has 0 saturated carbocycles. The largest absolute Gasteiger partial charge is 0.460 e. The Bertz CT molecular complexity index is 261. The van der Waals surface area contributed by atoms with Crippen LogP contribution in [0.25, 0.3) is 0 Å². The van der Waals surface area contributed by atoms with Crippen LogP contribution in [0.2, 0.25) is 0 Å². The molecule has 0 aliphatic carbocycles. The van der Waals surface area contributed by atoms with Crippen molar-refractivity contribution >= 4 is 5.97 Å². The Hall–Kier alpha value is -1.04. The second-order valence-corrected chi connectivity index (χ2v) is 3.05. The number of esters is 1. The highest BCUT2D eigenvalue weighted by Gasteiger charge is 2.70. The quantitative estimate of drug-likeness (QED) is 0.402. The molecule has 80 valence electrons. The molecule has 0 spiro atoms. The number of ether oxygens (including phenoxy) is 2. The van der Waals surface area contributed by atoms with Crippen molar-refractivity contribution in [2.45, 2.75) is 24.8 Å². The van der Waals surface area contributed by atoms with E-state index in [-0.39, 0.29) is 0 Å². The van der Waals surface area contributed by atoms with Gasteiger partial charge in [-0.2, -0.15) is 13.2 Å². The summed E-state index contributed by atoms with van der Waals surface area (Å²) in [4.78, 5) is 10.5. The summed E-state index contributed by atoms with van der Waals surface area (Å²) in [7, 11) is 0. The van der Waals surface area contributed by atoms with E-state index in [0.717, 1.165) is 13.0 Å². The molecule has 0 aromatic carbocycles. The van der Waals surface area contributed by atoms with Gasteiger partial charge in [-0.25, -0.2) is 4.79 Å². The van der Waals surface area contributed by atoms with Crippen molar-refractivity contribution in [3.63, 3.8) is 0 Å². The summed E-state index contributed by atoms with van der Waals surface area (Å²) in [5.41, 5.74) is -2.17. The van der Waals surface area contributed by atoms with Crippen LogP contribution in [0, 0.1) is 0 Å². The molecule has 1 aliphatic rings. The Balaban J connectivity index is 2.39. The summed E-state index contributed by atoms with van der Waals surface area (Å²) in [5, 5.41) is 0. The van der Waals surface area contributed by atoms with Crippen molar-refractivity contribution in [1.82, 2.24) is 0 Å². The normalized spacial score (nSPS) is 31.0. The summed E-state index contributed by atoms with van der Waals surface area (Å²) in [6.07, 6.45) is -4.66. The monoisotopic (exact) mass is 210 g/mol. The molecule has 14 heavy (non-hydrogen) atoms. The second kappa shape index (κ2) is 3.27. The molecule has 0 bridgehead atoms. The Kier molecular flexibility index (Phi) is 2.58. The zero-order valence-corrected chi connectivity index (χ0v) is 7.43. The van der Waals surface area contributed by atoms with E-state index in [2.05, 4.69) is 16.1 Å². The van der Waals surface area contributed by atoms with Gasteiger partial charge in [-0.05, 0) is 6.92 Å². The predicted molar refractivity (Wildman–Crippen MR) is 40.5 cm³/mol. The van der Waals surface area contributed by atoms with Crippen LogP contribution < -0.4 is 0 Å². The first-order valence-electron chi connectivity index (χ1n) is 3.85. The van der Waals surface area contributed by atoms with Crippen molar-refractivity contribution in [1.29, 1.82) is 0 Å². The first-order valence-corrected chi connectivity index (χ1v) is 3.85. The van der Waals surface area contributed by atoms with Gasteiger partial charge in [0, 0.05) is 6.08 Å². The number of hydrogen-bond donors (Lipinski definition) is 0. The highest BCUT2D eigenvalue weighted by Crippen LogP contribution is 2.49. The van der Waals surface area contributed by atoms with Gasteiger partial charge in [-0.3, -0.25) is 0 Å². The summed E-state index contributed by atoms with van der Waals surface area (Å²) in [5.74, 6) is -0.759. The molecule has 1 rings (SSSR count). The highest BCUT2D eigenvalue weighted by atomic mass is 19.4. The molecule has 0 amide bonds. The maximum absolute atomic E-state index is 12.2. The van der Waals surface area contributed by atoms with Gasteiger partial charge < -0.3 is 9.47 Å². The molecule has 0 radical (unpaired) electrons. The van der Waals surface area contributed by atoms with E-state index in [4.69, 9.17) is 0 Å². The fourth-order valence-corrected chi connectivity index (χ4v) is 0.921. The lowest BCUT2D eigenvalue weighted by Crippen LogP contribution is -2.33. The van der Waals surface area contributed by atoms with Crippen LogP contribution in [0.3, 0.4) is 0 Å². The fraction of sp³-hybridized carbons (Fsp3) is 0.625. The predicted octanol–water partition coefficient (Wildman–Crippen LogP) is 1.44. The molecule has 6 heteroatoms. The van der Waals surface area contributed by atoms with Gasteiger partial charge in [0.2, 0.25) is 0 Å². The fourth-order valence-electron chi connectivity index (χ4n) is 0.921. The summed E-state index contributed by atoms with van der Waals surface area (Å²) < 4.78 is 45.4. The molecule has 2 unspecified atom stereocenters. The molecular weight excluding hydrogens is 201 g/mol. The maximum Gasteiger partial charge on any atom is 0.419 e. The SMILES string of the molecule is C=CC(=O)OCC1OC1(C)C(F)(F)F. The third-order valence-corrected chi connectivity index (χ3v) is 2.05. The lowest BCUT2D eigenvalue weighted by molar-refractivity contribution is -0.179. The minimum absolute atomic E-state index is 0.402.